The quantitative estimate of drug-likeness (QED) is 0.847. The van der Waals surface area contributed by atoms with Crippen LogP contribution in [-0.2, 0) is 13.0 Å². The first-order valence-electron chi connectivity index (χ1n) is 7.33. The Balaban J connectivity index is 2.11. The maximum atomic E-state index is 12.4. The van der Waals surface area contributed by atoms with Crippen molar-refractivity contribution in [1.82, 2.24) is 5.32 Å². The summed E-state index contributed by atoms with van der Waals surface area (Å²) in [4.78, 5) is 13.7. The van der Waals surface area contributed by atoms with Crippen molar-refractivity contribution in [2.75, 3.05) is 11.9 Å². The third-order valence-corrected chi connectivity index (χ3v) is 4.38. The summed E-state index contributed by atoms with van der Waals surface area (Å²) >= 11 is 1.70. The van der Waals surface area contributed by atoms with E-state index in [1.165, 1.54) is 10.4 Å². The molecule has 0 saturated heterocycles. The summed E-state index contributed by atoms with van der Waals surface area (Å²) in [6, 6.07) is 8.05. The van der Waals surface area contributed by atoms with Crippen molar-refractivity contribution in [2.24, 2.45) is 0 Å². The molecule has 112 valence electrons. The monoisotopic (exact) mass is 302 g/mol. The molecule has 0 aliphatic rings. The fourth-order valence-corrected chi connectivity index (χ4v) is 3.20. The minimum atomic E-state index is -0.0231. The summed E-state index contributed by atoms with van der Waals surface area (Å²) in [7, 11) is 0. The summed E-state index contributed by atoms with van der Waals surface area (Å²) in [6.45, 7) is 7.56. The molecule has 0 radical (unpaired) electrons. The lowest BCUT2D eigenvalue weighted by atomic mass is 10.1. The average molecular weight is 302 g/mol. The molecule has 0 atom stereocenters. The molecule has 3 nitrogen and oxygen atoms in total. The summed E-state index contributed by atoms with van der Waals surface area (Å²) in [5.41, 5.74) is 4.01. The normalized spacial score (nSPS) is 10.4. The van der Waals surface area contributed by atoms with E-state index in [0.29, 0.717) is 12.1 Å². The second-order valence-corrected chi connectivity index (χ2v) is 5.99. The highest BCUT2D eigenvalue weighted by Crippen LogP contribution is 2.19. The Bertz CT molecular complexity index is 619. The molecule has 4 heteroatoms. The van der Waals surface area contributed by atoms with Crippen LogP contribution in [0.15, 0.2) is 29.6 Å². The number of hydrogen-bond acceptors (Lipinski definition) is 3. The van der Waals surface area contributed by atoms with Gasteiger partial charge in [-0.3, -0.25) is 4.79 Å². The molecule has 0 aliphatic carbocycles. The van der Waals surface area contributed by atoms with Gasteiger partial charge in [-0.05, 0) is 49.4 Å². The maximum Gasteiger partial charge on any atom is 0.253 e. The zero-order valence-electron chi connectivity index (χ0n) is 12.8. The average Bonchev–Trinajstić information content (AvgIpc) is 2.94. The molecule has 1 aromatic heterocycles. The van der Waals surface area contributed by atoms with Gasteiger partial charge in [0.05, 0.1) is 12.1 Å². The van der Waals surface area contributed by atoms with Gasteiger partial charge in [0.25, 0.3) is 5.91 Å². The Kier molecular flexibility index (Phi) is 5.39. The first kappa shape index (κ1) is 15.6. The van der Waals surface area contributed by atoms with E-state index in [4.69, 9.17) is 0 Å². The summed E-state index contributed by atoms with van der Waals surface area (Å²) < 4.78 is 0. The Labute approximate surface area is 130 Å². The molecule has 2 rings (SSSR count). The third kappa shape index (κ3) is 3.85. The van der Waals surface area contributed by atoms with Crippen LogP contribution in [0, 0.1) is 6.92 Å². The Morgan fingerprint density at radius 1 is 1.24 bits per heavy atom. The van der Waals surface area contributed by atoms with E-state index in [1.54, 1.807) is 11.3 Å². The second-order valence-electron chi connectivity index (χ2n) is 4.98. The number of amides is 1. The molecular formula is C17H22N2OS. The van der Waals surface area contributed by atoms with Gasteiger partial charge in [-0.2, -0.15) is 0 Å². The summed E-state index contributed by atoms with van der Waals surface area (Å²) in [5, 5.41) is 8.36. The van der Waals surface area contributed by atoms with Crippen LogP contribution in [0.25, 0.3) is 0 Å². The van der Waals surface area contributed by atoms with Crippen molar-refractivity contribution in [3.63, 3.8) is 0 Å². The molecule has 0 aliphatic heterocycles. The van der Waals surface area contributed by atoms with Gasteiger partial charge in [0.1, 0.15) is 0 Å². The second kappa shape index (κ2) is 7.27. The van der Waals surface area contributed by atoms with Crippen molar-refractivity contribution in [2.45, 2.75) is 33.7 Å². The van der Waals surface area contributed by atoms with E-state index in [1.807, 2.05) is 32.0 Å². The van der Waals surface area contributed by atoms with E-state index in [9.17, 15) is 4.79 Å². The van der Waals surface area contributed by atoms with Gasteiger partial charge >= 0.3 is 0 Å². The molecule has 1 heterocycles. The fourth-order valence-electron chi connectivity index (χ4n) is 2.28. The van der Waals surface area contributed by atoms with Crippen molar-refractivity contribution < 1.29 is 4.79 Å². The minimum absolute atomic E-state index is 0.0231. The zero-order chi connectivity index (χ0) is 15.2. The topological polar surface area (TPSA) is 41.1 Å². The summed E-state index contributed by atoms with van der Waals surface area (Å²) in [6.07, 6.45) is 1.00. The number of aryl methyl sites for hydroxylation is 2. The number of carbonyl (C=O) groups excluding carboxylic acids is 1. The number of nitrogens with one attached hydrogen (secondary N) is 2. The van der Waals surface area contributed by atoms with Crippen molar-refractivity contribution in [3.05, 3.63) is 51.2 Å². The highest BCUT2D eigenvalue weighted by molar-refractivity contribution is 7.10. The zero-order valence-corrected chi connectivity index (χ0v) is 13.6. The van der Waals surface area contributed by atoms with Gasteiger partial charge in [0.2, 0.25) is 0 Å². The molecule has 2 N–H and O–H groups in total. The molecule has 0 fully saturated rings. The van der Waals surface area contributed by atoms with Crippen LogP contribution in [0.2, 0.25) is 0 Å². The molecular weight excluding hydrogens is 280 g/mol. The number of benzene rings is 1. The van der Waals surface area contributed by atoms with Crippen LogP contribution in [0.4, 0.5) is 5.69 Å². The Morgan fingerprint density at radius 3 is 2.76 bits per heavy atom. The van der Waals surface area contributed by atoms with E-state index in [0.717, 1.165) is 24.2 Å². The van der Waals surface area contributed by atoms with E-state index in [2.05, 4.69) is 29.0 Å². The van der Waals surface area contributed by atoms with Crippen LogP contribution >= 0.6 is 11.3 Å². The summed E-state index contributed by atoms with van der Waals surface area (Å²) in [5.74, 6) is -0.0231. The van der Waals surface area contributed by atoms with E-state index >= 15 is 0 Å². The third-order valence-electron chi connectivity index (χ3n) is 3.42. The minimum Gasteiger partial charge on any atom is -0.385 e. The first-order valence-corrected chi connectivity index (χ1v) is 8.21. The first-order chi connectivity index (χ1) is 10.2. The number of hydrogen-bond donors (Lipinski definition) is 2. The van der Waals surface area contributed by atoms with E-state index < -0.39 is 0 Å². The van der Waals surface area contributed by atoms with Crippen molar-refractivity contribution in [1.29, 1.82) is 0 Å². The molecule has 1 aromatic carbocycles. The fraction of sp³-hybridized carbons (Fsp3) is 0.353. The lowest BCUT2D eigenvalue weighted by molar-refractivity contribution is 0.0952. The number of anilines is 1. The molecule has 0 bridgehead atoms. The Morgan fingerprint density at radius 2 is 2.05 bits per heavy atom. The molecule has 21 heavy (non-hydrogen) atoms. The largest absolute Gasteiger partial charge is 0.385 e. The lowest BCUT2D eigenvalue weighted by Crippen LogP contribution is -2.24. The van der Waals surface area contributed by atoms with Gasteiger partial charge in [0.15, 0.2) is 0 Å². The number of carbonyl (C=O) groups is 1. The van der Waals surface area contributed by atoms with Crippen LogP contribution in [0.5, 0.6) is 0 Å². The van der Waals surface area contributed by atoms with Gasteiger partial charge < -0.3 is 10.6 Å². The van der Waals surface area contributed by atoms with Crippen molar-refractivity contribution >= 4 is 22.9 Å². The van der Waals surface area contributed by atoms with Crippen LogP contribution < -0.4 is 10.6 Å². The Hall–Kier alpha value is -1.81. The molecule has 1 amide bonds. The van der Waals surface area contributed by atoms with Crippen LogP contribution in [-0.4, -0.2) is 12.5 Å². The van der Waals surface area contributed by atoms with Gasteiger partial charge in [-0.15, -0.1) is 11.3 Å². The lowest BCUT2D eigenvalue weighted by Gasteiger charge is -2.12. The standard InChI is InChI=1S/C17H22N2OS/c1-4-13-8-9-21-16(13)11-19-17(20)14-10-12(3)6-7-15(14)18-5-2/h6-10,18H,4-5,11H2,1-3H3,(H,19,20). The van der Waals surface area contributed by atoms with E-state index in [-0.39, 0.29) is 5.91 Å². The predicted molar refractivity (Wildman–Crippen MR) is 90.2 cm³/mol. The maximum absolute atomic E-state index is 12.4. The van der Waals surface area contributed by atoms with Gasteiger partial charge in [-0.1, -0.05) is 18.6 Å². The molecule has 0 unspecified atom stereocenters. The highest BCUT2D eigenvalue weighted by Gasteiger charge is 2.12. The highest BCUT2D eigenvalue weighted by atomic mass is 32.1. The SMILES string of the molecule is CCNc1ccc(C)cc1C(=O)NCc1sccc1CC. The van der Waals surface area contributed by atoms with Crippen LogP contribution in [0.1, 0.15) is 40.2 Å². The molecule has 2 aromatic rings. The number of rotatable bonds is 6. The number of thiophene rings is 1. The van der Waals surface area contributed by atoms with Gasteiger partial charge in [-0.25, -0.2) is 0 Å². The molecule has 0 saturated carbocycles. The van der Waals surface area contributed by atoms with Crippen molar-refractivity contribution in [3.8, 4) is 0 Å². The molecule has 0 spiro atoms. The smallest absolute Gasteiger partial charge is 0.253 e. The van der Waals surface area contributed by atoms with Gasteiger partial charge in [0, 0.05) is 17.1 Å². The van der Waals surface area contributed by atoms with Crippen LogP contribution in [0.3, 0.4) is 0 Å². The predicted octanol–water partition coefficient (Wildman–Crippen LogP) is 3.98.